The van der Waals surface area contributed by atoms with Crippen LogP contribution >= 0.6 is 0 Å². The molecule has 2 aromatic rings. The number of H-pyrrole nitrogens is 2. The van der Waals surface area contributed by atoms with E-state index in [1.54, 1.807) is 13.0 Å². The molecule has 0 aromatic carbocycles. The van der Waals surface area contributed by atoms with Gasteiger partial charge in [-0.25, -0.2) is 4.99 Å². The second kappa shape index (κ2) is 12.5. The van der Waals surface area contributed by atoms with Crippen LogP contribution in [0.25, 0.3) is 18.2 Å². The molecule has 5 N–H and O–H groups in total. The molecule has 0 bridgehead atoms. The number of hydrogen-bond acceptors (Lipinski definition) is 4. The summed E-state index contributed by atoms with van der Waals surface area (Å²) in [6.45, 7) is 13.0. The number of aromatic amines is 2. The average molecular weight is 585 g/mol. The van der Waals surface area contributed by atoms with Gasteiger partial charge in [0.05, 0.1) is 11.6 Å². The van der Waals surface area contributed by atoms with Gasteiger partial charge in [0.1, 0.15) is 0 Å². The lowest BCUT2D eigenvalue weighted by atomic mass is 10.00. The van der Waals surface area contributed by atoms with E-state index in [1.807, 2.05) is 45.9 Å². The maximum Gasteiger partial charge on any atom is 0.303 e. The van der Waals surface area contributed by atoms with E-state index in [4.69, 9.17) is 0 Å². The molecule has 4 heterocycles. The molecule has 10 nitrogen and oxygen atoms in total. The van der Waals surface area contributed by atoms with Crippen molar-refractivity contribution in [1.29, 1.82) is 0 Å². The number of allylic oxidation sites excluding steroid dienone is 3. The van der Waals surface area contributed by atoms with Crippen molar-refractivity contribution in [1.82, 2.24) is 15.3 Å². The Morgan fingerprint density at radius 3 is 2.14 bits per heavy atom. The van der Waals surface area contributed by atoms with Crippen LogP contribution in [0.5, 0.6) is 0 Å². The van der Waals surface area contributed by atoms with Crippen LogP contribution in [0.15, 0.2) is 46.1 Å². The van der Waals surface area contributed by atoms with E-state index in [0.717, 1.165) is 33.5 Å². The minimum absolute atomic E-state index is 0.0802. The van der Waals surface area contributed by atoms with Crippen molar-refractivity contribution >= 4 is 47.7 Å². The third-order valence-electron chi connectivity index (χ3n) is 8.12. The van der Waals surface area contributed by atoms with Crippen molar-refractivity contribution in [3.8, 4) is 0 Å². The van der Waals surface area contributed by atoms with Gasteiger partial charge in [-0.2, -0.15) is 0 Å². The highest BCUT2D eigenvalue weighted by Crippen LogP contribution is 2.29. The van der Waals surface area contributed by atoms with Crippen LogP contribution in [0.4, 0.5) is 0 Å². The predicted molar refractivity (Wildman–Crippen MR) is 165 cm³/mol. The molecular weight excluding hydrogens is 548 g/mol. The first-order valence-electron chi connectivity index (χ1n) is 14.1. The van der Waals surface area contributed by atoms with Crippen molar-refractivity contribution in [3.05, 3.63) is 85.5 Å². The minimum Gasteiger partial charge on any atom is -0.481 e. The lowest BCUT2D eigenvalue weighted by Crippen LogP contribution is -2.16. The number of nitrogens with one attached hydrogen (secondary N) is 3. The number of carbonyl (C=O) groups excluding carboxylic acids is 2. The first-order chi connectivity index (χ1) is 20.4. The van der Waals surface area contributed by atoms with Gasteiger partial charge in [-0.1, -0.05) is 18.7 Å². The number of rotatable bonds is 10. The second-order valence-electron chi connectivity index (χ2n) is 10.7. The molecule has 43 heavy (non-hydrogen) atoms. The van der Waals surface area contributed by atoms with E-state index in [9.17, 15) is 29.4 Å². The third-order valence-corrected chi connectivity index (χ3v) is 8.12. The molecule has 1 atom stereocenters. The van der Waals surface area contributed by atoms with E-state index < -0.39 is 11.9 Å². The molecular formula is C33H36N4O6. The lowest BCUT2D eigenvalue weighted by Gasteiger charge is -2.03. The number of nitrogens with zero attached hydrogens (tertiary/aromatic N) is 1. The Morgan fingerprint density at radius 1 is 0.907 bits per heavy atom. The normalized spacial score (nSPS) is 19.7. The highest BCUT2D eigenvalue weighted by molar-refractivity contribution is 6.31. The molecule has 0 unspecified atom stereocenters. The molecule has 224 valence electrons. The Labute approximate surface area is 249 Å². The molecule has 0 spiro atoms. The summed E-state index contributed by atoms with van der Waals surface area (Å²) in [6.07, 6.45) is 9.23. The van der Waals surface area contributed by atoms with Crippen LogP contribution in [-0.2, 0) is 32.0 Å². The van der Waals surface area contributed by atoms with Gasteiger partial charge in [-0.05, 0) is 99.1 Å². The second-order valence-corrected chi connectivity index (χ2v) is 10.7. The fourth-order valence-corrected chi connectivity index (χ4v) is 5.57. The number of hydrogen-bond donors (Lipinski definition) is 5. The number of carboxylic acids is 2. The van der Waals surface area contributed by atoms with Crippen LogP contribution in [0.2, 0.25) is 0 Å². The first kappa shape index (κ1) is 31.0. The highest BCUT2D eigenvalue weighted by Gasteiger charge is 2.29. The number of carbonyl (C=O) groups is 4. The third kappa shape index (κ3) is 6.28. The fourth-order valence-electron chi connectivity index (χ4n) is 5.57. The Bertz CT molecular complexity index is 1810. The van der Waals surface area contributed by atoms with E-state index in [1.165, 1.54) is 6.08 Å². The van der Waals surface area contributed by atoms with Crippen molar-refractivity contribution in [2.75, 3.05) is 0 Å². The molecule has 10 heteroatoms. The van der Waals surface area contributed by atoms with Gasteiger partial charge in [0, 0.05) is 46.2 Å². The molecule has 1 fully saturated rings. The zero-order chi connectivity index (χ0) is 31.6. The van der Waals surface area contributed by atoms with Crippen LogP contribution in [0.1, 0.15) is 67.3 Å². The minimum atomic E-state index is -0.934. The number of aliphatic imine (C=N–C) groups is 1. The van der Waals surface area contributed by atoms with Crippen molar-refractivity contribution < 1.29 is 29.4 Å². The summed E-state index contributed by atoms with van der Waals surface area (Å²) < 4.78 is 0. The largest absolute Gasteiger partial charge is 0.481 e. The van der Waals surface area contributed by atoms with E-state index in [2.05, 4.69) is 26.9 Å². The molecule has 4 rings (SSSR count). The Balaban J connectivity index is 1.91. The number of aliphatic carboxylic acids is 2. The van der Waals surface area contributed by atoms with Gasteiger partial charge in [0.25, 0.3) is 5.91 Å². The summed E-state index contributed by atoms with van der Waals surface area (Å²) in [5.41, 5.74) is 7.87. The molecule has 2 amide bonds. The van der Waals surface area contributed by atoms with Crippen molar-refractivity contribution in [2.45, 2.75) is 60.3 Å². The average Bonchev–Trinajstić information content (AvgIpc) is 3.59. The summed E-state index contributed by atoms with van der Waals surface area (Å²) in [6, 6.07) is 0. The Morgan fingerprint density at radius 2 is 1.56 bits per heavy atom. The van der Waals surface area contributed by atoms with Gasteiger partial charge in [0.2, 0.25) is 5.91 Å². The molecule has 0 radical (unpaired) electrons. The molecule has 2 aliphatic rings. The number of carboxylic acid groups (broad SMARTS) is 2. The molecule has 1 saturated heterocycles. The zero-order valence-electron chi connectivity index (χ0n) is 25.0. The fraction of sp³-hybridized carbons (Fsp3) is 0.303. The maximum absolute atomic E-state index is 12.3. The molecule has 2 aromatic heterocycles. The topological polar surface area (TPSA) is 165 Å². The molecule has 0 saturated carbocycles. The van der Waals surface area contributed by atoms with Gasteiger partial charge in [0.15, 0.2) is 0 Å². The van der Waals surface area contributed by atoms with Crippen molar-refractivity contribution in [3.63, 3.8) is 0 Å². The molecule has 0 aliphatic carbocycles. The SMILES string of the molecule is C=CC1=C(C)C(C=c2[nH]/c(=C\c3[nH]c(/C=C4\NC(=O)[C@H](C)\C4=C/C)c(C)c3CCC(=O)O)c(CCC(=O)O)c2C)=NC1=O. The van der Waals surface area contributed by atoms with Crippen LogP contribution < -0.4 is 16.0 Å². The predicted octanol–water partition coefficient (Wildman–Crippen LogP) is 3.14. The Kier molecular flexibility index (Phi) is 8.99. The summed E-state index contributed by atoms with van der Waals surface area (Å²) >= 11 is 0. The maximum atomic E-state index is 12.3. The zero-order valence-corrected chi connectivity index (χ0v) is 25.0. The Hall–Kier alpha value is -4.99. The monoisotopic (exact) mass is 584 g/mol. The van der Waals surface area contributed by atoms with Crippen LogP contribution in [-0.4, -0.2) is 49.6 Å². The van der Waals surface area contributed by atoms with Gasteiger partial charge in [-0.3, -0.25) is 19.2 Å². The quantitative estimate of drug-likeness (QED) is 0.288. The number of amides is 2. The van der Waals surface area contributed by atoms with Crippen LogP contribution in [0, 0.1) is 19.8 Å². The van der Waals surface area contributed by atoms with Gasteiger partial charge < -0.3 is 25.5 Å². The highest BCUT2D eigenvalue weighted by atomic mass is 16.4. The molecule has 2 aliphatic heterocycles. The van der Waals surface area contributed by atoms with E-state index in [0.29, 0.717) is 38.9 Å². The van der Waals surface area contributed by atoms with Crippen LogP contribution in [0.3, 0.4) is 0 Å². The summed E-state index contributed by atoms with van der Waals surface area (Å²) in [5, 5.41) is 23.1. The van der Waals surface area contributed by atoms with Gasteiger partial charge >= 0.3 is 11.9 Å². The standard InChI is InChI=1S/C33H36N4O6/c1-7-20-19(6)32(42)37-27(20)14-25-18(5)23(10-12-31(40)41)29(35-25)15-28-22(9-11-30(38)39)17(4)24(34-28)13-26-16(3)21(8-2)33(43)36-26/h7-8,13-15,19,34-35H,2,9-12H2,1,3-6H3,(H,37,42)(H,38,39)(H,40,41)/b20-7+,24-13?,27-14-,28-15-/t19-/m1/s1. The van der Waals surface area contributed by atoms with Crippen molar-refractivity contribution in [2.24, 2.45) is 10.9 Å². The van der Waals surface area contributed by atoms with E-state index in [-0.39, 0.29) is 43.4 Å². The summed E-state index contributed by atoms with van der Waals surface area (Å²) in [7, 11) is 0. The lowest BCUT2D eigenvalue weighted by molar-refractivity contribution is -0.138. The summed E-state index contributed by atoms with van der Waals surface area (Å²) in [5.74, 6) is -2.59. The van der Waals surface area contributed by atoms with E-state index >= 15 is 0 Å². The number of aromatic nitrogens is 2. The first-order valence-corrected chi connectivity index (χ1v) is 14.1. The smallest absolute Gasteiger partial charge is 0.303 e. The van der Waals surface area contributed by atoms with Gasteiger partial charge in [-0.15, -0.1) is 0 Å². The summed E-state index contributed by atoms with van der Waals surface area (Å²) in [4.78, 5) is 58.6.